The summed E-state index contributed by atoms with van der Waals surface area (Å²) in [6, 6.07) is 1.26. The fraction of sp³-hybridized carbons (Fsp3) is 0.538. The molecule has 1 aromatic heterocycles. The standard InChI is InChI=1S/C13H19N3O3/c1-8-7-9(10(14-8)11(17)18)15-12(19)16-13(2)5-3-4-6-13/h7,14H,3-6H2,1-2H3,(H,17,18)(H2,15,16,19). The lowest BCUT2D eigenvalue weighted by molar-refractivity contribution is 0.0692. The average Bonchev–Trinajstić information content (AvgIpc) is 2.85. The molecule has 1 aliphatic carbocycles. The van der Waals surface area contributed by atoms with Gasteiger partial charge in [0.15, 0.2) is 0 Å². The van der Waals surface area contributed by atoms with Gasteiger partial charge in [-0.3, -0.25) is 0 Å². The highest BCUT2D eigenvalue weighted by atomic mass is 16.4. The zero-order chi connectivity index (χ0) is 14.0. The van der Waals surface area contributed by atoms with Crippen LogP contribution in [0.15, 0.2) is 6.07 Å². The fourth-order valence-electron chi connectivity index (χ4n) is 2.56. The molecule has 6 nitrogen and oxygen atoms in total. The van der Waals surface area contributed by atoms with Crippen LogP contribution in [0.4, 0.5) is 10.5 Å². The summed E-state index contributed by atoms with van der Waals surface area (Å²) in [5.74, 6) is -1.09. The van der Waals surface area contributed by atoms with Crippen molar-refractivity contribution in [3.8, 4) is 0 Å². The molecule has 0 saturated heterocycles. The predicted octanol–water partition coefficient (Wildman–Crippen LogP) is 2.48. The summed E-state index contributed by atoms with van der Waals surface area (Å²) < 4.78 is 0. The molecule has 0 atom stereocenters. The number of aromatic carboxylic acids is 1. The third kappa shape index (κ3) is 3.07. The van der Waals surface area contributed by atoms with E-state index in [0.717, 1.165) is 25.7 Å². The number of aryl methyl sites for hydroxylation is 1. The van der Waals surface area contributed by atoms with Gasteiger partial charge in [-0.05, 0) is 32.8 Å². The molecule has 1 aliphatic rings. The number of aromatic nitrogens is 1. The maximum absolute atomic E-state index is 11.9. The largest absolute Gasteiger partial charge is 0.477 e. The number of nitrogens with one attached hydrogen (secondary N) is 3. The SMILES string of the molecule is Cc1cc(NC(=O)NC2(C)CCCC2)c(C(=O)O)[nH]1. The van der Waals surface area contributed by atoms with Gasteiger partial charge >= 0.3 is 12.0 Å². The number of hydrogen-bond acceptors (Lipinski definition) is 2. The van der Waals surface area contributed by atoms with Crippen LogP contribution in [0.5, 0.6) is 0 Å². The highest BCUT2D eigenvalue weighted by molar-refractivity contribution is 5.99. The van der Waals surface area contributed by atoms with Crippen molar-refractivity contribution < 1.29 is 14.7 Å². The molecule has 19 heavy (non-hydrogen) atoms. The number of carbonyl (C=O) groups excluding carboxylic acids is 1. The quantitative estimate of drug-likeness (QED) is 0.676. The first-order chi connectivity index (χ1) is 8.89. The molecule has 4 N–H and O–H groups in total. The molecule has 1 heterocycles. The Balaban J connectivity index is 2.04. The number of H-pyrrole nitrogens is 1. The highest BCUT2D eigenvalue weighted by Gasteiger charge is 2.30. The molecule has 2 rings (SSSR count). The second-order valence-electron chi connectivity index (χ2n) is 5.39. The summed E-state index contributed by atoms with van der Waals surface area (Å²) >= 11 is 0. The van der Waals surface area contributed by atoms with Gasteiger partial charge in [-0.1, -0.05) is 12.8 Å². The van der Waals surface area contributed by atoms with Crippen molar-refractivity contribution in [3.05, 3.63) is 17.5 Å². The number of anilines is 1. The Hall–Kier alpha value is -1.98. The molecule has 0 radical (unpaired) electrons. The van der Waals surface area contributed by atoms with Crippen LogP contribution in [-0.2, 0) is 0 Å². The van der Waals surface area contributed by atoms with E-state index in [4.69, 9.17) is 5.11 Å². The van der Waals surface area contributed by atoms with Crippen LogP contribution in [0.25, 0.3) is 0 Å². The Morgan fingerprint density at radius 2 is 2.00 bits per heavy atom. The number of carboxylic acids is 1. The zero-order valence-electron chi connectivity index (χ0n) is 11.2. The number of carboxylic acid groups (broad SMARTS) is 1. The van der Waals surface area contributed by atoms with Crippen molar-refractivity contribution >= 4 is 17.7 Å². The van der Waals surface area contributed by atoms with Crippen LogP contribution in [0, 0.1) is 6.92 Å². The van der Waals surface area contributed by atoms with E-state index >= 15 is 0 Å². The summed E-state index contributed by atoms with van der Waals surface area (Å²) in [6.45, 7) is 3.76. The molecule has 0 aliphatic heterocycles. The molecule has 0 unspecified atom stereocenters. The predicted molar refractivity (Wildman–Crippen MR) is 71.5 cm³/mol. The fourth-order valence-corrected chi connectivity index (χ4v) is 2.56. The molecule has 1 fully saturated rings. The summed E-state index contributed by atoms with van der Waals surface area (Å²) in [5.41, 5.74) is 0.812. The van der Waals surface area contributed by atoms with Gasteiger partial charge in [0.25, 0.3) is 0 Å². The van der Waals surface area contributed by atoms with E-state index in [1.165, 1.54) is 0 Å². The number of hydrogen-bond donors (Lipinski definition) is 4. The van der Waals surface area contributed by atoms with Gasteiger partial charge in [0.1, 0.15) is 5.69 Å². The lowest BCUT2D eigenvalue weighted by Crippen LogP contribution is -2.45. The lowest BCUT2D eigenvalue weighted by atomic mass is 10.0. The van der Waals surface area contributed by atoms with Gasteiger partial charge < -0.3 is 20.7 Å². The van der Waals surface area contributed by atoms with Crippen LogP contribution >= 0.6 is 0 Å². The van der Waals surface area contributed by atoms with Gasteiger partial charge in [0, 0.05) is 11.2 Å². The first kappa shape index (κ1) is 13.5. The second-order valence-corrected chi connectivity index (χ2v) is 5.39. The molecular formula is C13H19N3O3. The average molecular weight is 265 g/mol. The molecule has 1 saturated carbocycles. The molecule has 0 aromatic carbocycles. The van der Waals surface area contributed by atoms with Crippen LogP contribution in [0.3, 0.4) is 0 Å². The van der Waals surface area contributed by atoms with E-state index in [9.17, 15) is 9.59 Å². The maximum atomic E-state index is 11.9. The van der Waals surface area contributed by atoms with E-state index in [2.05, 4.69) is 15.6 Å². The normalized spacial score (nSPS) is 17.2. The van der Waals surface area contributed by atoms with Gasteiger partial charge in [-0.2, -0.15) is 0 Å². The Morgan fingerprint density at radius 3 is 2.58 bits per heavy atom. The van der Waals surface area contributed by atoms with Crippen LogP contribution in [0.1, 0.15) is 48.8 Å². The Morgan fingerprint density at radius 1 is 1.37 bits per heavy atom. The topological polar surface area (TPSA) is 94.2 Å². The van der Waals surface area contributed by atoms with E-state index in [1.54, 1.807) is 13.0 Å². The monoisotopic (exact) mass is 265 g/mol. The molecule has 104 valence electrons. The molecule has 0 spiro atoms. The van der Waals surface area contributed by atoms with Gasteiger partial charge in [0.2, 0.25) is 0 Å². The Kier molecular flexibility index (Phi) is 3.50. The zero-order valence-corrected chi connectivity index (χ0v) is 11.2. The number of urea groups is 1. The highest BCUT2D eigenvalue weighted by Crippen LogP contribution is 2.29. The number of amides is 2. The van der Waals surface area contributed by atoms with Crippen molar-refractivity contribution in [2.45, 2.75) is 45.1 Å². The minimum Gasteiger partial charge on any atom is -0.477 e. The van der Waals surface area contributed by atoms with Crippen molar-refractivity contribution in [3.63, 3.8) is 0 Å². The summed E-state index contributed by atoms with van der Waals surface area (Å²) in [7, 11) is 0. The van der Waals surface area contributed by atoms with Crippen LogP contribution in [0.2, 0.25) is 0 Å². The minimum absolute atomic E-state index is 0.00391. The number of aromatic amines is 1. The Bertz CT molecular complexity index is 501. The molecule has 1 aromatic rings. The van der Waals surface area contributed by atoms with Crippen LogP contribution < -0.4 is 10.6 Å². The number of carbonyl (C=O) groups is 2. The molecular weight excluding hydrogens is 246 g/mol. The van der Waals surface area contributed by atoms with Crippen molar-refractivity contribution in [1.82, 2.24) is 10.3 Å². The van der Waals surface area contributed by atoms with Gasteiger partial charge in [-0.15, -0.1) is 0 Å². The lowest BCUT2D eigenvalue weighted by Gasteiger charge is -2.25. The Labute approximate surface area is 111 Å². The van der Waals surface area contributed by atoms with Crippen molar-refractivity contribution in [2.24, 2.45) is 0 Å². The summed E-state index contributed by atoms with van der Waals surface area (Å²) in [4.78, 5) is 25.7. The summed E-state index contributed by atoms with van der Waals surface area (Å²) in [5, 5.41) is 14.5. The van der Waals surface area contributed by atoms with E-state index in [-0.39, 0.29) is 17.3 Å². The van der Waals surface area contributed by atoms with Crippen molar-refractivity contribution in [1.29, 1.82) is 0 Å². The first-order valence-electron chi connectivity index (χ1n) is 6.42. The third-order valence-electron chi connectivity index (χ3n) is 3.54. The van der Waals surface area contributed by atoms with E-state index in [1.807, 2.05) is 6.92 Å². The third-order valence-corrected chi connectivity index (χ3v) is 3.54. The van der Waals surface area contributed by atoms with E-state index in [0.29, 0.717) is 11.4 Å². The minimum atomic E-state index is -1.09. The first-order valence-corrected chi connectivity index (χ1v) is 6.42. The molecule has 2 amide bonds. The van der Waals surface area contributed by atoms with Gasteiger partial charge in [0.05, 0.1) is 5.69 Å². The second kappa shape index (κ2) is 4.95. The van der Waals surface area contributed by atoms with Crippen LogP contribution in [-0.4, -0.2) is 27.6 Å². The van der Waals surface area contributed by atoms with E-state index < -0.39 is 5.97 Å². The molecule has 6 heteroatoms. The summed E-state index contributed by atoms with van der Waals surface area (Å²) in [6.07, 6.45) is 4.14. The number of rotatable bonds is 3. The molecule has 0 bridgehead atoms. The van der Waals surface area contributed by atoms with Gasteiger partial charge in [-0.25, -0.2) is 9.59 Å². The van der Waals surface area contributed by atoms with Crippen molar-refractivity contribution in [2.75, 3.05) is 5.32 Å². The maximum Gasteiger partial charge on any atom is 0.354 e. The smallest absolute Gasteiger partial charge is 0.354 e.